The molecule has 0 aliphatic heterocycles. The van der Waals surface area contributed by atoms with Crippen LogP contribution in [-0.2, 0) is 14.4 Å². The van der Waals surface area contributed by atoms with Gasteiger partial charge < -0.3 is 26.6 Å². The zero-order chi connectivity index (χ0) is 26.9. The Morgan fingerprint density at radius 1 is 0.667 bits per heavy atom. The molecule has 0 rings (SSSR count). The Balaban J connectivity index is 3.87. The third kappa shape index (κ3) is 21.6. The van der Waals surface area contributed by atoms with E-state index >= 15 is 0 Å². The second-order valence-electron chi connectivity index (χ2n) is 10.1. The number of carboxylic acids is 2. The van der Waals surface area contributed by atoms with Crippen LogP contribution in [0.2, 0.25) is 0 Å². The summed E-state index contributed by atoms with van der Waals surface area (Å²) in [6.45, 7) is 3.40. The number of aliphatic carboxylic acids is 2. The van der Waals surface area contributed by atoms with Crippen LogP contribution in [0.1, 0.15) is 135 Å². The van der Waals surface area contributed by atoms with Gasteiger partial charge in [0.2, 0.25) is 5.91 Å². The van der Waals surface area contributed by atoms with E-state index in [1.165, 1.54) is 89.9 Å². The van der Waals surface area contributed by atoms with Gasteiger partial charge >= 0.3 is 11.9 Å². The monoisotopic (exact) mass is 513 g/mol. The summed E-state index contributed by atoms with van der Waals surface area (Å²) in [6.07, 6.45) is 21.6. The molecule has 1 amide bonds. The van der Waals surface area contributed by atoms with E-state index in [2.05, 4.69) is 17.6 Å². The normalized spacial score (nSPS) is 12.8. The molecule has 0 saturated heterocycles. The van der Waals surface area contributed by atoms with Crippen LogP contribution in [-0.4, -0.2) is 53.2 Å². The average molecular weight is 514 g/mol. The molecule has 0 aliphatic carbocycles. The molecule has 0 aliphatic rings. The molecule has 0 fully saturated rings. The molecule has 6 N–H and O–H groups in total. The summed E-state index contributed by atoms with van der Waals surface area (Å²) in [5, 5.41) is 23.8. The minimum Gasteiger partial charge on any atom is -0.481 e. The van der Waals surface area contributed by atoms with Crippen LogP contribution < -0.4 is 16.4 Å². The second-order valence-corrected chi connectivity index (χ2v) is 10.1. The van der Waals surface area contributed by atoms with Crippen LogP contribution in [0.5, 0.6) is 0 Å². The van der Waals surface area contributed by atoms with E-state index in [9.17, 15) is 19.5 Å². The number of rotatable bonds is 27. The number of hydrogen-bond acceptors (Lipinski definition) is 5. The molecular weight excluding hydrogens is 458 g/mol. The fourth-order valence-corrected chi connectivity index (χ4v) is 4.39. The summed E-state index contributed by atoms with van der Waals surface area (Å²) in [5.74, 6) is -2.71. The minimum atomic E-state index is -1.22. The highest BCUT2D eigenvalue weighted by molar-refractivity contribution is 5.87. The summed E-state index contributed by atoms with van der Waals surface area (Å²) in [6, 6.07) is -1.72. The molecular formula is C28H55N3O5. The fraction of sp³-hybridized carbons (Fsp3) is 0.893. The van der Waals surface area contributed by atoms with Crippen LogP contribution in [0, 0.1) is 0 Å². The maximum Gasteiger partial charge on any atom is 0.326 e. The third-order valence-corrected chi connectivity index (χ3v) is 6.70. The van der Waals surface area contributed by atoms with E-state index in [0.29, 0.717) is 25.9 Å². The standard InChI is InChI=1S/C28H55N3O5/c1-2-3-4-5-6-7-8-9-10-11-12-13-14-15-16-17-23-30-24(19-18-22-29)27(34)31-25(28(35)36)20-21-26(32)33/h24-25,30H,2-23,29H2,1H3,(H,31,34)(H,32,33)(H,35,36)/t24-,25+/m1/s1. The Morgan fingerprint density at radius 2 is 1.14 bits per heavy atom. The molecule has 8 nitrogen and oxygen atoms in total. The molecule has 0 aromatic rings. The van der Waals surface area contributed by atoms with Crippen molar-refractivity contribution in [2.24, 2.45) is 5.73 Å². The van der Waals surface area contributed by atoms with Gasteiger partial charge in [-0.1, -0.05) is 103 Å². The van der Waals surface area contributed by atoms with E-state index in [1.54, 1.807) is 0 Å². The molecule has 36 heavy (non-hydrogen) atoms. The summed E-state index contributed by atoms with van der Waals surface area (Å²) in [7, 11) is 0. The third-order valence-electron chi connectivity index (χ3n) is 6.70. The Labute approximate surface area is 219 Å². The van der Waals surface area contributed by atoms with E-state index in [-0.39, 0.29) is 12.8 Å². The second kappa shape index (κ2) is 25.0. The van der Waals surface area contributed by atoms with Crippen molar-refractivity contribution in [3.63, 3.8) is 0 Å². The SMILES string of the molecule is CCCCCCCCCCCCCCCCCCN[C@H](CCCN)C(=O)N[C@@H](CCC(=O)O)C(=O)O. The lowest BCUT2D eigenvalue weighted by atomic mass is 10.0. The first-order valence-corrected chi connectivity index (χ1v) is 14.6. The van der Waals surface area contributed by atoms with Gasteiger partial charge in [0, 0.05) is 6.42 Å². The molecule has 0 radical (unpaired) electrons. The Morgan fingerprint density at radius 3 is 1.56 bits per heavy atom. The smallest absolute Gasteiger partial charge is 0.326 e. The lowest BCUT2D eigenvalue weighted by Crippen LogP contribution is -2.50. The molecule has 2 atom stereocenters. The number of unbranched alkanes of at least 4 members (excludes halogenated alkanes) is 15. The number of amides is 1. The lowest BCUT2D eigenvalue weighted by Gasteiger charge is -2.21. The van der Waals surface area contributed by atoms with Crippen molar-refractivity contribution >= 4 is 17.8 Å². The van der Waals surface area contributed by atoms with Crippen LogP contribution in [0.25, 0.3) is 0 Å². The zero-order valence-electron chi connectivity index (χ0n) is 22.9. The van der Waals surface area contributed by atoms with Crippen molar-refractivity contribution in [3.05, 3.63) is 0 Å². The highest BCUT2D eigenvalue weighted by atomic mass is 16.4. The largest absolute Gasteiger partial charge is 0.481 e. The zero-order valence-corrected chi connectivity index (χ0v) is 22.9. The van der Waals surface area contributed by atoms with Crippen LogP contribution in [0.4, 0.5) is 0 Å². The molecule has 0 saturated carbocycles. The molecule has 0 unspecified atom stereocenters. The van der Waals surface area contributed by atoms with Gasteiger partial charge in [0.1, 0.15) is 6.04 Å². The predicted octanol–water partition coefficient (Wildman–Crippen LogP) is 5.38. The van der Waals surface area contributed by atoms with E-state index in [4.69, 9.17) is 10.8 Å². The first kappa shape index (κ1) is 34.3. The average Bonchev–Trinajstić information content (AvgIpc) is 2.84. The van der Waals surface area contributed by atoms with E-state index in [1.807, 2.05) is 0 Å². The maximum absolute atomic E-state index is 12.6. The first-order valence-electron chi connectivity index (χ1n) is 14.6. The maximum atomic E-state index is 12.6. The molecule has 0 aromatic heterocycles. The van der Waals surface area contributed by atoms with E-state index < -0.39 is 29.9 Å². The number of nitrogens with one attached hydrogen (secondary N) is 2. The highest BCUT2D eigenvalue weighted by Crippen LogP contribution is 2.13. The molecule has 212 valence electrons. The van der Waals surface area contributed by atoms with Crippen molar-refractivity contribution in [2.75, 3.05) is 13.1 Å². The van der Waals surface area contributed by atoms with Gasteiger partial charge in [-0.25, -0.2) is 4.79 Å². The van der Waals surface area contributed by atoms with Crippen LogP contribution >= 0.6 is 0 Å². The van der Waals surface area contributed by atoms with Gasteiger partial charge in [-0.3, -0.25) is 9.59 Å². The van der Waals surface area contributed by atoms with Gasteiger partial charge in [0.05, 0.1) is 6.04 Å². The highest BCUT2D eigenvalue weighted by Gasteiger charge is 2.25. The first-order chi connectivity index (χ1) is 17.4. The Bertz CT molecular complexity index is 559. The number of carbonyl (C=O) groups excluding carboxylic acids is 1. The van der Waals surface area contributed by atoms with Gasteiger partial charge in [-0.15, -0.1) is 0 Å². The van der Waals surface area contributed by atoms with Gasteiger partial charge in [-0.05, 0) is 38.8 Å². The van der Waals surface area contributed by atoms with Crippen molar-refractivity contribution in [1.82, 2.24) is 10.6 Å². The predicted molar refractivity (Wildman–Crippen MR) is 146 cm³/mol. The summed E-state index contributed by atoms with van der Waals surface area (Å²) in [4.78, 5) is 34.7. The van der Waals surface area contributed by atoms with Gasteiger partial charge in [0.25, 0.3) is 0 Å². The lowest BCUT2D eigenvalue weighted by molar-refractivity contribution is -0.143. The summed E-state index contributed by atoms with van der Waals surface area (Å²) >= 11 is 0. The molecule has 0 bridgehead atoms. The Kier molecular flexibility index (Phi) is 23.8. The van der Waals surface area contributed by atoms with Crippen molar-refractivity contribution in [2.45, 2.75) is 147 Å². The molecule has 8 heteroatoms. The van der Waals surface area contributed by atoms with Gasteiger partial charge in [-0.2, -0.15) is 0 Å². The quantitative estimate of drug-likeness (QED) is 0.0928. The van der Waals surface area contributed by atoms with Crippen LogP contribution in [0.3, 0.4) is 0 Å². The van der Waals surface area contributed by atoms with Crippen molar-refractivity contribution < 1.29 is 24.6 Å². The summed E-state index contributed by atoms with van der Waals surface area (Å²) in [5.41, 5.74) is 5.58. The number of hydrogen-bond donors (Lipinski definition) is 5. The van der Waals surface area contributed by atoms with Gasteiger partial charge in [0.15, 0.2) is 0 Å². The number of carbonyl (C=O) groups is 3. The molecule has 0 spiro atoms. The summed E-state index contributed by atoms with van der Waals surface area (Å²) < 4.78 is 0. The van der Waals surface area contributed by atoms with Crippen LogP contribution in [0.15, 0.2) is 0 Å². The number of nitrogens with two attached hydrogens (primary N) is 1. The topological polar surface area (TPSA) is 142 Å². The molecule has 0 aromatic carbocycles. The molecule has 0 heterocycles. The van der Waals surface area contributed by atoms with E-state index in [0.717, 1.165) is 12.8 Å². The number of carboxylic acid groups (broad SMARTS) is 2. The van der Waals surface area contributed by atoms with Crippen molar-refractivity contribution in [1.29, 1.82) is 0 Å². The minimum absolute atomic E-state index is 0.140. The fourth-order valence-electron chi connectivity index (χ4n) is 4.39. The Hall–Kier alpha value is -1.67. The van der Waals surface area contributed by atoms with Crippen molar-refractivity contribution in [3.8, 4) is 0 Å².